The maximum absolute atomic E-state index is 12.8. The Morgan fingerprint density at radius 3 is 2.27 bits per heavy atom. The molecule has 0 saturated carbocycles. The van der Waals surface area contributed by atoms with Gasteiger partial charge in [0, 0.05) is 18.5 Å². The number of carbonyl (C=O) groups excluding carboxylic acids is 2. The van der Waals surface area contributed by atoms with Gasteiger partial charge in [-0.1, -0.05) is 6.07 Å². The quantitative estimate of drug-likeness (QED) is 0.191. The SMILES string of the molecule is Cc1nnc(-c2ccc(OCCOCCNC(=O)C(Cc3ccc(O)c(O)c3)NC(=O)OC(C)(C)C)cc2)nn1. The van der Waals surface area contributed by atoms with Crippen molar-refractivity contribution >= 4 is 12.0 Å². The highest BCUT2D eigenvalue weighted by Crippen LogP contribution is 2.25. The van der Waals surface area contributed by atoms with Crippen LogP contribution in [0.15, 0.2) is 42.5 Å². The fourth-order valence-electron chi connectivity index (χ4n) is 3.38. The Morgan fingerprint density at radius 2 is 1.62 bits per heavy atom. The van der Waals surface area contributed by atoms with E-state index >= 15 is 0 Å². The molecule has 40 heavy (non-hydrogen) atoms. The molecule has 0 aliphatic carbocycles. The van der Waals surface area contributed by atoms with Crippen LogP contribution < -0.4 is 15.4 Å². The third kappa shape index (κ3) is 9.98. The highest BCUT2D eigenvalue weighted by Gasteiger charge is 2.25. The molecule has 1 unspecified atom stereocenters. The molecule has 1 atom stereocenters. The topological polar surface area (TPSA) is 178 Å². The fraction of sp³-hybridized carbons (Fsp3) is 0.407. The van der Waals surface area contributed by atoms with Crippen LogP contribution in [0.2, 0.25) is 0 Å². The number of hydrogen-bond donors (Lipinski definition) is 4. The summed E-state index contributed by atoms with van der Waals surface area (Å²) < 4.78 is 16.5. The number of phenolic OH excluding ortho intramolecular Hbond substituents is 2. The van der Waals surface area contributed by atoms with Crippen molar-refractivity contribution in [1.29, 1.82) is 0 Å². The highest BCUT2D eigenvalue weighted by atomic mass is 16.6. The first-order chi connectivity index (χ1) is 19.0. The predicted octanol–water partition coefficient (Wildman–Crippen LogP) is 2.30. The molecule has 3 aromatic rings. The lowest BCUT2D eigenvalue weighted by Crippen LogP contribution is -2.49. The average Bonchev–Trinajstić information content (AvgIpc) is 2.89. The summed E-state index contributed by atoms with van der Waals surface area (Å²) in [4.78, 5) is 25.1. The van der Waals surface area contributed by atoms with E-state index in [1.807, 2.05) is 0 Å². The van der Waals surface area contributed by atoms with Gasteiger partial charge in [0.25, 0.3) is 0 Å². The molecule has 13 heteroatoms. The molecule has 0 saturated heterocycles. The van der Waals surface area contributed by atoms with Gasteiger partial charge in [0.15, 0.2) is 17.3 Å². The lowest BCUT2D eigenvalue weighted by molar-refractivity contribution is -0.123. The molecular weight excluding hydrogens is 520 g/mol. The van der Waals surface area contributed by atoms with Crippen LogP contribution in [-0.2, 0) is 20.7 Å². The van der Waals surface area contributed by atoms with Crippen molar-refractivity contribution in [1.82, 2.24) is 31.0 Å². The number of aromatic hydroxyl groups is 2. The van der Waals surface area contributed by atoms with E-state index in [9.17, 15) is 19.8 Å². The molecule has 0 aliphatic heterocycles. The Kier molecular flexibility index (Phi) is 10.5. The van der Waals surface area contributed by atoms with Crippen molar-refractivity contribution in [2.24, 2.45) is 0 Å². The Hall–Kier alpha value is -4.52. The summed E-state index contributed by atoms with van der Waals surface area (Å²) >= 11 is 0. The fourth-order valence-corrected chi connectivity index (χ4v) is 3.38. The number of benzene rings is 2. The lowest BCUT2D eigenvalue weighted by atomic mass is 10.0. The molecule has 0 bridgehead atoms. The van der Waals surface area contributed by atoms with Crippen LogP contribution >= 0.6 is 0 Å². The minimum atomic E-state index is -0.984. The van der Waals surface area contributed by atoms with E-state index in [0.717, 1.165) is 5.56 Å². The maximum atomic E-state index is 12.8. The molecule has 0 fully saturated rings. The molecule has 214 valence electrons. The number of alkyl carbamates (subject to hydrolysis) is 1. The smallest absolute Gasteiger partial charge is 0.408 e. The van der Waals surface area contributed by atoms with Crippen molar-refractivity contribution in [2.45, 2.75) is 45.8 Å². The second-order valence-electron chi connectivity index (χ2n) is 9.77. The number of nitrogens with zero attached hydrogens (tertiary/aromatic N) is 4. The molecule has 13 nitrogen and oxygen atoms in total. The van der Waals surface area contributed by atoms with Gasteiger partial charge >= 0.3 is 6.09 Å². The number of phenols is 2. The Labute approximate surface area is 231 Å². The number of hydrogen-bond acceptors (Lipinski definition) is 11. The lowest BCUT2D eigenvalue weighted by Gasteiger charge is -2.23. The first-order valence-corrected chi connectivity index (χ1v) is 12.6. The molecule has 0 spiro atoms. The average molecular weight is 555 g/mol. The van der Waals surface area contributed by atoms with Gasteiger partial charge < -0.3 is 35.1 Å². The van der Waals surface area contributed by atoms with Crippen LogP contribution in [0.4, 0.5) is 4.79 Å². The summed E-state index contributed by atoms with van der Waals surface area (Å²) in [5, 5.41) is 40.4. The summed E-state index contributed by atoms with van der Waals surface area (Å²) in [6.45, 7) is 7.85. The Morgan fingerprint density at radius 1 is 0.925 bits per heavy atom. The zero-order chi connectivity index (χ0) is 29.1. The first-order valence-electron chi connectivity index (χ1n) is 12.6. The summed E-state index contributed by atoms with van der Waals surface area (Å²) in [5.41, 5.74) is 0.554. The van der Waals surface area contributed by atoms with E-state index in [1.165, 1.54) is 12.1 Å². The van der Waals surface area contributed by atoms with E-state index in [1.54, 1.807) is 58.0 Å². The maximum Gasteiger partial charge on any atom is 0.408 e. The van der Waals surface area contributed by atoms with Gasteiger partial charge in [-0.3, -0.25) is 4.79 Å². The Balaban J connectivity index is 1.41. The third-order valence-corrected chi connectivity index (χ3v) is 5.22. The summed E-state index contributed by atoms with van der Waals surface area (Å²) in [5.74, 6) is 0.500. The molecule has 4 N–H and O–H groups in total. The van der Waals surface area contributed by atoms with Gasteiger partial charge in [-0.25, -0.2) is 4.79 Å². The van der Waals surface area contributed by atoms with E-state index in [0.29, 0.717) is 36.2 Å². The molecule has 2 aromatic carbocycles. The number of ether oxygens (including phenoxy) is 3. The molecule has 0 radical (unpaired) electrons. The first kappa shape index (κ1) is 30.0. The third-order valence-electron chi connectivity index (χ3n) is 5.22. The van der Waals surface area contributed by atoms with E-state index in [4.69, 9.17) is 14.2 Å². The van der Waals surface area contributed by atoms with Crippen LogP contribution in [0.5, 0.6) is 17.2 Å². The van der Waals surface area contributed by atoms with Crippen molar-refractivity contribution in [3.8, 4) is 28.6 Å². The highest BCUT2D eigenvalue weighted by molar-refractivity contribution is 5.86. The number of nitrogens with one attached hydrogen (secondary N) is 2. The van der Waals surface area contributed by atoms with E-state index in [2.05, 4.69) is 31.0 Å². The second kappa shape index (κ2) is 14.0. The predicted molar refractivity (Wildman–Crippen MR) is 144 cm³/mol. The minimum absolute atomic E-state index is 0.0649. The van der Waals surface area contributed by atoms with Crippen LogP contribution in [-0.4, -0.2) is 80.6 Å². The molecule has 0 aliphatic rings. The number of amides is 2. The van der Waals surface area contributed by atoms with Gasteiger partial charge in [0.2, 0.25) is 11.7 Å². The van der Waals surface area contributed by atoms with Crippen LogP contribution in [0.25, 0.3) is 11.4 Å². The second-order valence-corrected chi connectivity index (χ2v) is 9.77. The van der Waals surface area contributed by atoms with Gasteiger partial charge in [0.1, 0.15) is 24.0 Å². The molecule has 3 rings (SSSR count). The Bertz CT molecular complexity index is 1260. The molecule has 2 amide bonds. The van der Waals surface area contributed by atoms with Crippen molar-refractivity contribution in [3.63, 3.8) is 0 Å². The van der Waals surface area contributed by atoms with Crippen LogP contribution in [0.3, 0.4) is 0 Å². The van der Waals surface area contributed by atoms with Crippen LogP contribution in [0, 0.1) is 6.92 Å². The number of carbonyl (C=O) groups is 2. The zero-order valence-electron chi connectivity index (χ0n) is 22.9. The summed E-state index contributed by atoms with van der Waals surface area (Å²) in [6, 6.07) is 10.4. The standard InChI is InChI=1S/C27H34N6O7/c1-17-30-32-24(33-31-17)19-6-8-20(9-7-19)39-14-13-38-12-11-28-25(36)21(29-26(37)40-27(2,3)4)15-18-5-10-22(34)23(35)16-18/h5-10,16,21,34-35H,11-15H2,1-4H3,(H,28,36)(H,29,37). The van der Waals surface area contributed by atoms with Crippen molar-refractivity contribution in [2.75, 3.05) is 26.4 Å². The zero-order valence-corrected chi connectivity index (χ0v) is 22.9. The number of rotatable bonds is 12. The van der Waals surface area contributed by atoms with Gasteiger partial charge in [-0.2, -0.15) is 0 Å². The van der Waals surface area contributed by atoms with Crippen molar-refractivity contribution < 1.29 is 34.0 Å². The minimum Gasteiger partial charge on any atom is -0.504 e. The van der Waals surface area contributed by atoms with Gasteiger partial charge in [-0.05, 0) is 69.7 Å². The molecular formula is C27H34N6O7. The number of aryl methyl sites for hydroxylation is 1. The van der Waals surface area contributed by atoms with Crippen molar-refractivity contribution in [3.05, 3.63) is 53.9 Å². The summed E-state index contributed by atoms with van der Waals surface area (Å²) in [6.07, 6.45) is -0.688. The van der Waals surface area contributed by atoms with Gasteiger partial charge in [-0.15, -0.1) is 20.4 Å². The van der Waals surface area contributed by atoms with E-state index < -0.39 is 23.6 Å². The monoisotopic (exact) mass is 554 g/mol. The van der Waals surface area contributed by atoms with Crippen LogP contribution in [0.1, 0.15) is 32.2 Å². The van der Waals surface area contributed by atoms with Gasteiger partial charge in [0.05, 0.1) is 13.2 Å². The normalized spacial score (nSPS) is 11.9. The summed E-state index contributed by atoms with van der Waals surface area (Å²) in [7, 11) is 0. The van der Waals surface area contributed by atoms with E-state index in [-0.39, 0.29) is 31.1 Å². The number of aromatic nitrogens is 4. The molecule has 1 heterocycles. The largest absolute Gasteiger partial charge is 0.504 e. The molecule has 1 aromatic heterocycles.